The van der Waals surface area contributed by atoms with Crippen LogP contribution in [0.3, 0.4) is 0 Å². The Bertz CT molecular complexity index is 644. The molecule has 0 aliphatic carbocycles. The molecule has 0 radical (unpaired) electrons. The van der Waals surface area contributed by atoms with E-state index in [4.69, 9.17) is 18.8 Å². The zero-order valence-electron chi connectivity index (χ0n) is 11.2. The zero-order chi connectivity index (χ0) is 14.9. The van der Waals surface area contributed by atoms with Gasteiger partial charge in [-0.25, -0.2) is 0 Å². The zero-order valence-corrected chi connectivity index (χ0v) is 14.8. The van der Waals surface area contributed by atoms with E-state index in [1.54, 1.807) is 0 Å². The first kappa shape index (κ1) is 16.3. The molecule has 0 aliphatic rings. The van der Waals surface area contributed by atoms with Crippen molar-refractivity contribution in [3.8, 4) is 0 Å². The number of rotatable bonds is 0. The standard InChI is InChI=1S/2C9H7.2ClH.Mo/c2*1-2-5-9-7-3-6-8(9)4-1;;;/h2*1-7H;2*1H;/q2*-1;;;+2/p-2. The Hall–Kier alpha value is -1.07. The Morgan fingerprint density at radius 3 is 1.38 bits per heavy atom. The van der Waals surface area contributed by atoms with Crippen LogP contribution in [0, 0.1) is 0 Å². The maximum Gasteiger partial charge on any atom is -0.0809 e. The minimum atomic E-state index is -0.586. The van der Waals surface area contributed by atoms with Crippen LogP contribution in [0.5, 0.6) is 0 Å². The van der Waals surface area contributed by atoms with E-state index in [-0.39, 0.29) is 0 Å². The molecule has 0 amide bonds. The van der Waals surface area contributed by atoms with Gasteiger partial charge in [-0.1, -0.05) is 12.1 Å². The second-order valence-corrected chi connectivity index (χ2v) is 7.41. The largest absolute Gasteiger partial charge is 0.168 e. The SMILES string of the molecule is [Cl][Mo][Cl].c1ccc2[cH-]ccc2c1.c1ccc2[cH-]ccc2c1. The van der Waals surface area contributed by atoms with E-state index in [1.807, 2.05) is 0 Å². The second-order valence-electron chi connectivity index (χ2n) is 4.37. The van der Waals surface area contributed by atoms with Crippen LogP contribution in [0.1, 0.15) is 0 Å². The van der Waals surface area contributed by atoms with Crippen LogP contribution in [0.2, 0.25) is 0 Å². The molecule has 0 spiro atoms. The molecule has 0 saturated heterocycles. The minimum absolute atomic E-state index is 0.586. The topological polar surface area (TPSA) is 0 Å². The maximum atomic E-state index is 4.89. The van der Waals surface area contributed by atoms with Crippen molar-refractivity contribution < 1.29 is 16.5 Å². The van der Waals surface area contributed by atoms with Crippen molar-refractivity contribution in [2.45, 2.75) is 0 Å². The average Bonchev–Trinajstić information content (AvgIpc) is 3.17. The predicted octanol–water partition coefficient (Wildman–Crippen LogP) is 6.49. The van der Waals surface area contributed by atoms with Gasteiger partial charge in [0, 0.05) is 0 Å². The van der Waals surface area contributed by atoms with Crippen LogP contribution >= 0.6 is 18.8 Å². The molecule has 0 heterocycles. The van der Waals surface area contributed by atoms with Crippen molar-refractivity contribution in [3.05, 3.63) is 84.9 Å². The third-order valence-corrected chi connectivity index (χ3v) is 3.10. The van der Waals surface area contributed by atoms with E-state index in [0.29, 0.717) is 0 Å². The van der Waals surface area contributed by atoms with E-state index in [0.717, 1.165) is 0 Å². The number of hydrogen-bond donors (Lipinski definition) is 0. The van der Waals surface area contributed by atoms with Gasteiger partial charge in [-0.15, -0.1) is 59.3 Å². The van der Waals surface area contributed by atoms with Crippen LogP contribution in [0.15, 0.2) is 84.9 Å². The molecule has 0 atom stereocenters. The second kappa shape index (κ2) is 9.05. The molecule has 4 aromatic rings. The van der Waals surface area contributed by atoms with Crippen molar-refractivity contribution in [1.82, 2.24) is 0 Å². The van der Waals surface area contributed by atoms with Crippen molar-refractivity contribution in [2.24, 2.45) is 0 Å². The molecular weight excluding hydrogens is 383 g/mol. The molecule has 108 valence electrons. The molecule has 0 bridgehead atoms. The quantitative estimate of drug-likeness (QED) is 0.235. The molecule has 0 aromatic heterocycles. The van der Waals surface area contributed by atoms with Crippen LogP contribution in [-0.4, -0.2) is 0 Å². The van der Waals surface area contributed by atoms with Gasteiger partial charge in [0.15, 0.2) is 0 Å². The van der Waals surface area contributed by atoms with Crippen molar-refractivity contribution in [2.75, 3.05) is 0 Å². The van der Waals surface area contributed by atoms with Crippen LogP contribution in [0.4, 0.5) is 0 Å². The Morgan fingerprint density at radius 2 is 1.00 bits per heavy atom. The maximum absolute atomic E-state index is 4.89. The summed E-state index contributed by atoms with van der Waals surface area (Å²) in [7, 11) is 9.79. The fourth-order valence-electron chi connectivity index (χ4n) is 2.14. The minimum Gasteiger partial charge on any atom is -0.168 e. The van der Waals surface area contributed by atoms with Crippen LogP contribution in [-0.2, 0) is 16.5 Å². The Morgan fingerprint density at radius 1 is 0.619 bits per heavy atom. The van der Waals surface area contributed by atoms with Crippen molar-refractivity contribution in [1.29, 1.82) is 0 Å². The van der Waals surface area contributed by atoms with Gasteiger partial charge in [0.25, 0.3) is 0 Å². The molecule has 0 aliphatic heterocycles. The molecule has 4 rings (SSSR count). The summed E-state index contributed by atoms with van der Waals surface area (Å²) in [6.07, 6.45) is 0. The molecule has 4 aromatic carbocycles. The summed E-state index contributed by atoms with van der Waals surface area (Å²) in [5.41, 5.74) is 0. The van der Waals surface area contributed by atoms with Gasteiger partial charge in [-0.3, -0.25) is 0 Å². The summed E-state index contributed by atoms with van der Waals surface area (Å²) >= 11 is -0.586. The van der Waals surface area contributed by atoms with Gasteiger partial charge < -0.3 is 0 Å². The summed E-state index contributed by atoms with van der Waals surface area (Å²) in [4.78, 5) is 0. The number of fused-ring (bicyclic) bond motifs is 2. The van der Waals surface area contributed by atoms with Gasteiger partial charge in [-0.05, 0) is 0 Å². The summed E-state index contributed by atoms with van der Waals surface area (Å²) in [5.74, 6) is 0. The van der Waals surface area contributed by atoms with Gasteiger partial charge in [0.2, 0.25) is 0 Å². The van der Waals surface area contributed by atoms with Gasteiger partial charge in [0.05, 0.1) is 0 Å². The first-order valence-electron chi connectivity index (χ1n) is 6.45. The molecule has 0 unspecified atom stereocenters. The first-order valence-corrected chi connectivity index (χ1v) is 11.6. The molecule has 21 heavy (non-hydrogen) atoms. The Labute approximate surface area is 141 Å². The van der Waals surface area contributed by atoms with E-state index in [9.17, 15) is 0 Å². The smallest absolute Gasteiger partial charge is 0.0809 e. The fourth-order valence-corrected chi connectivity index (χ4v) is 2.14. The van der Waals surface area contributed by atoms with Crippen LogP contribution < -0.4 is 0 Å². The Kier molecular flexibility index (Phi) is 7.03. The Balaban J connectivity index is 0.000000130. The molecule has 0 nitrogen and oxygen atoms in total. The molecule has 3 heteroatoms. The predicted molar refractivity (Wildman–Crippen MR) is 90.8 cm³/mol. The van der Waals surface area contributed by atoms with Crippen molar-refractivity contribution >= 4 is 40.4 Å². The third-order valence-electron chi connectivity index (χ3n) is 3.10. The molecular formula is C18H14Cl2Mo-2. The van der Waals surface area contributed by atoms with Gasteiger partial charge >= 0.3 is 35.3 Å². The van der Waals surface area contributed by atoms with E-state index < -0.39 is 16.5 Å². The molecule has 0 fully saturated rings. The van der Waals surface area contributed by atoms with Gasteiger partial charge in [0.1, 0.15) is 0 Å². The van der Waals surface area contributed by atoms with E-state index >= 15 is 0 Å². The number of halogens is 2. The van der Waals surface area contributed by atoms with Gasteiger partial charge in [-0.2, -0.15) is 35.0 Å². The summed E-state index contributed by atoms with van der Waals surface area (Å²) in [5, 5.41) is 5.32. The van der Waals surface area contributed by atoms with Crippen molar-refractivity contribution in [3.63, 3.8) is 0 Å². The number of hydrogen-bond acceptors (Lipinski definition) is 0. The first-order chi connectivity index (χ1) is 10.3. The fraction of sp³-hybridized carbons (Fsp3) is 0. The number of benzene rings is 2. The molecule has 0 N–H and O–H groups in total. The van der Waals surface area contributed by atoms with Crippen LogP contribution in [0.25, 0.3) is 21.5 Å². The van der Waals surface area contributed by atoms with E-state index in [2.05, 4.69) is 84.9 Å². The monoisotopic (exact) mass is 398 g/mol. The third kappa shape index (κ3) is 5.00. The normalized spacial score (nSPS) is 9.62. The molecule has 0 saturated carbocycles. The summed E-state index contributed by atoms with van der Waals surface area (Å²) in [6, 6.07) is 29.3. The van der Waals surface area contributed by atoms with E-state index in [1.165, 1.54) is 21.5 Å². The average molecular weight is 397 g/mol. The summed E-state index contributed by atoms with van der Waals surface area (Å²) in [6.45, 7) is 0. The summed E-state index contributed by atoms with van der Waals surface area (Å²) < 4.78 is 0.